The van der Waals surface area contributed by atoms with Gasteiger partial charge in [-0.15, -0.1) is 0 Å². The molecule has 4 rings (SSSR count). The number of anilines is 1. The van der Waals surface area contributed by atoms with E-state index in [-0.39, 0.29) is 30.2 Å². The molecule has 0 atom stereocenters. The van der Waals surface area contributed by atoms with Gasteiger partial charge in [-0.3, -0.25) is 9.59 Å². The number of hydrogen-bond donors (Lipinski definition) is 0. The van der Waals surface area contributed by atoms with Gasteiger partial charge in [0.05, 0.1) is 12.2 Å². The average molecular weight is 406 g/mol. The van der Waals surface area contributed by atoms with Gasteiger partial charge in [-0.2, -0.15) is 5.10 Å². The summed E-state index contributed by atoms with van der Waals surface area (Å²) in [6, 6.07) is 19.1. The smallest absolute Gasteiger partial charge is 0.266 e. The molecule has 0 bridgehead atoms. The third kappa shape index (κ3) is 4.56. The van der Waals surface area contributed by atoms with Crippen LogP contribution in [0.3, 0.4) is 0 Å². The third-order valence-electron chi connectivity index (χ3n) is 5.30. The molecule has 1 fully saturated rings. The number of carbonyl (C=O) groups is 1. The fourth-order valence-corrected chi connectivity index (χ4v) is 3.60. The van der Waals surface area contributed by atoms with E-state index in [4.69, 9.17) is 0 Å². The van der Waals surface area contributed by atoms with Crippen molar-refractivity contribution in [3.63, 3.8) is 0 Å². The van der Waals surface area contributed by atoms with Crippen LogP contribution in [0.4, 0.5) is 10.1 Å². The molecule has 3 aromatic rings. The average Bonchev–Trinajstić information content (AvgIpc) is 2.79. The lowest BCUT2D eigenvalue weighted by Gasteiger charge is -2.36. The molecule has 0 spiro atoms. The van der Waals surface area contributed by atoms with E-state index in [9.17, 15) is 14.0 Å². The summed E-state index contributed by atoms with van der Waals surface area (Å²) in [5, 5.41) is 4.34. The summed E-state index contributed by atoms with van der Waals surface area (Å²) in [5.74, 6) is -0.311. The van der Waals surface area contributed by atoms with Gasteiger partial charge in [-0.05, 0) is 42.5 Å². The number of halogens is 1. The summed E-state index contributed by atoms with van der Waals surface area (Å²) >= 11 is 0. The molecule has 0 radical (unpaired) electrons. The molecule has 154 valence electrons. The molecule has 30 heavy (non-hydrogen) atoms. The highest BCUT2D eigenvalue weighted by atomic mass is 19.1. The summed E-state index contributed by atoms with van der Waals surface area (Å²) < 4.78 is 14.4. The van der Waals surface area contributed by atoms with E-state index in [0.717, 1.165) is 18.8 Å². The minimum Gasteiger partial charge on any atom is -0.368 e. The SMILES string of the molecule is O=C(CCn1nc(-c2ccc(F)cc2)ccc1=O)N1CCN(c2ccccc2)CC1. The van der Waals surface area contributed by atoms with E-state index in [1.165, 1.54) is 22.9 Å². The molecule has 1 saturated heterocycles. The first kappa shape index (κ1) is 19.8. The third-order valence-corrected chi connectivity index (χ3v) is 5.30. The number of piperazine rings is 1. The van der Waals surface area contributed by atoms with Gasteiger partial charge in [0.1, 0.15) is 5.82 Å². The fraction of sp³-hybridized carbons (Fsp3) is 0.261. The Morgan fingerprint density at radius 3 is 2.30 bits per heavy atom. The number of rotatable bonds is 5. The minimum atomic E-state index is -0.329. The number of para-hydroxylation sites is 1. The molecule has 0 aliphatic carbocycles. The highest BCUT2D eigenvalue weighted by molar-refractivity contribution is 5.76. The van der Waals surface area contributed by atoms with Crippen LogP contribution in [0.15, 0.2) is 71.5 Å². The Morgan fingerprint density at radius 2 is 1.60 bits per heavy atom. The summed E-state index contributed by atoms with van der Waals surface area (Å²) in [5.41, 5.74) is 2.19. The first-order valence-corrected chi connectivity index (χ1v) is 10.0. The molecular weight excluding hydrogens is 383 g/mol. The summed E-state index contributed by atoms with van der Waals surface area (Å²) in [6.07, 6.45) is 0.213. The van der Waals surface area contributed by atoms with Crippen molar-refractivity contribution in [1.29, 1.82) is 0 Å². The van der Waals surface area contributed by atoms with Crippen molar-refractivity contribution in [3.05, 3.63) is 82.9 Å². The maximum Gasteiger partial charge on any atom is 0.266 e. The van der Waals surface area contributed by atoms with Crippen molar-refractivity contribution in [2.45, 2.75) is 13.0 Å². The Hall–Kier alpha value is -3.48. The molecule has 7 heteroatoms. The number of carbonyl (C=O) groups excluding carboxylic acids is 1. The van der Waals surface area contributed by atoms with Crippen LogP contribution in [0.1, 0.15) is 6.42 Å². The molecule has 0 unspecified atom stereocenters. The van der Waals surface area contributed by atoms with Gasteiger partial charge < -0.3 is 9.80 Å². The molecular formula is C23H23FN4O2. The second-order valence-electron chi connectivity index (χ2n) is 7.24. The van der Waals surface area contributed by atoms with Gasteiger partial charge >= 0.3 is 0 Å². The highest BCUT2D eigenvalue weighted by Crippen LogP contribution is 2.17. The molecule has 1 aliphatic rings. The molecule has 1 amide bonds. The lowest BCUT2D eigenvalue weighted by molar-refractivity contribution is -0.131. The first-order valence-electron chi connectivity index (χ1n) is 10.0. The van der Waals surface area contributed by atoms with Gasteiger partial charge in [0.15, 0.2) is 0 Å². The Labute approximate surface area is 174 Å². The zero-order chi connectivity index (χ0) is 20.9. The van der Waals surface area contributed by atoms with Crippen LogP contribution in [0, 0.1) is 5.82 Å². The predicted molar refractivity (Wildman–Crippen MR) is 114 cm³/mol. The van der Waals surface area contributed by atoms with Crippen molar-refractivity contribution in [3.8, 4) is 11.3 Å². The monoisotopic (exact) mass is 406 g/mol. The van der Waals surface area contributed by atoms with Gasteiger partial charge in [-0.25, -0.2) is 9.07 Å². The van der Waals surface area contributed by atoms with E-state index in [1.54, 1.807) is 18.2 Å². The number of nitrogens with zero attached hydrogens (tertiary/aromatic N) is 4. The van der Waals surface area contributed by atoms with Crippen LogP contribution in [0.2, 0.25) is 0 Å². The van der Waals surface area contributed by atoms with Crippen LogP contribution < -0.4 is 10.5 Å². The Morgan fingerprint density at radius 1 is 0.900 bits per heavy atom. The Kier molecular flexibility index (Phi) is 5.88. The quantitative estimate of drug-likeness (QED) is 0.654. The van der Waals surface area contributed by atoms with Crippen LogP contribution in [-0.2, 0) is 11.3 Å². The van der Waals surface area contributed by atoms with Gasteiger partial charge in [-0.1, -0.05) is 18.2 Å². The zero-order valence-electron chi connectivity index (χ0n) is 16.6. The van der Waals surface area contributed by atoms with Gasteiger partial charge in [0.2, 0.25) is 5.91 Å². The van der Waals surface area contributed by atoms with E-state index in [2.05, 4.69) is 22.1 Å². The van der Waals surface area contributed by atoms with Crippen LogP contribution in [0.25, 0.3) is 11.3 Å². The lowest BCUT2D eigenvalue weighted by Crippen LogP contribution is -2.49. The lowest BCUT2D eigenvalue weighted by atomic mass is 10.1. The summed E-state index contributed by atoms with van der Waals surface area (Å²) in [7, 11) is 0. The number of amides is 1. The second kappa shape index (κ2) is 8.90. The summed E-state index contributed by atoms with van der Waals surface area (Å²) in [6.45, 7) is 3.10. The normalized spacial score (nSPS) is 14.0. The maximum absolute atomic E-state index is 13.1. The van der Waals surface area contributed by atoms with Gasteiger partial charge in [0, 0.05) is 49.9 Å². The van der Waals surface area contributed by atoms with Crippen molar-refractivity contribution < 1.29 is 9.18 Å². The Balaban J connectivity index is 1.35. The van der Waals surface area contributed by atoms with Crippen LogP contribution in [-0.4, -0.2) is 46.8 Å². The number of aromatic nitrogens is 2. The standard InChI is InChI=1S/C23H23FN4O2/c24-19-8-6-18(7-9-19)21-10-11-23(30)28(25-21)13-12-22(29)27-16-14-26(15-17-27)20-4-2-1-3-5-20/h1-11H,12-17H2. The second-order valence-corrected chi connectivity index (χ2v) is 7.24. The van der Waals surface area contributed by atoms with Gasteiger partial charge in [0.25, 0.3) is 5.56 Å². The number of aryl methyl sites for hydroxylation is 1. The fourth-order valence-electron chi connectivity index (χ4n) is 3.60. The van der Waals surface area contributed by atoms with E-state index in [1.807, 2.05) is 23.1 Å². The molecule has 0 saturated carbocycles. The van der Waals surface area contributed by atoms with E-state index >= 15 is 0 Å². The molecule has 0 N–H and O–H groups in total. The molecule has 2 heterocycles. The maximum atomic E-state index is 13.1. The molecule has 6 nitrogen and oxygen atoms in total. The van der Waals surface area contributed by atoms with E-state index in [0.29, 0.717) is 24.3 Å². The van der Waals surface area contributed by atoms with Crippen molar-refractivity contribution in [1.82, 2.24) is 14.7 Å². The largest absolute Gasteiger partial charge is 0.368 e. The van der Waals surface area contributed by atoms with Crippen molar-refractivity contribution in [2.75, 3.05) is 31.1 Å². The molecule has 1 aromatic heterocycles. The topological polar surface area (TPSA) is 58.4 Å². The van der Waals surface area contributed by atoms with Crippen molar-refractivity contribution >= 4 is 11.6 Å². The number of benzene rings is 2. The first-order chi connectivity index (χ1) is 14.6. The highest BCUT2D eigenvalue weighted by Gasteiger charge is 2.21. The van der Waals surface area contributed by atoms with Crippen molar-refractivity contribution in [2.24, 2.45) is 0 Å². The Bertz CT molecular complexity index is 1060. The molecule has 2 aromatic carbocycles. The minimum absolute atomic E-state index is 0.0172. The number of hydrogen-bond acceptors (Lipinski definition) is 4. The zero-order valence-corrected chi connectivity index (χ0v) is 16.6. The predicted octanol–water partition coefficient (Wildman–Crippen LogP) is 2.79. The van der Waals surface area contributed by atoms with Crippen LogP contribution >= 0.6 is 0 Å². The van der Waals surface area contributed by atoms with E-state index < -0.39 is 0 Å². The van der Waals surface area contributed by atoms with Crippen LogP contribution in [0.5, 0.6) is 0 Å². The molecule has 1 aliphatic heterocycles. The summed E-state index contributed by atoms with van der Waals surface area (Å²) in [4.78, 5) is 28.9.